The number of rotatable bonds is 3. The first-order chi connectivity index (χ1) is 15.9. The average molecular weight is 473 g/mol. The van der Waals surface area contributed by atoms with E-state index in [1.54, 1.807) is 0 Å². The topological polar surface area (TPSA) is 68.2 Å². The molecule has 1 amide bonds. The molecule has 0 radical (unpaired) electrons. The molecule has 2 heterocycles. The van der Waals surface area contributed by atoms with Gasteiger partial charge in [-0.15, -0.1) is 0 Å². The number of likely N-dealkylation sites (tertiary alicyclic amines) is 1. The van der Waals surface area contributed by atoms with Crippen molar-refractivity contribution in [3.8, 4) is 0 Å². The van der Waals surface area contributed by atoms with Crippen molar-refractivity contribution in [1.29, 1.82) is 0 Å². The van der Waals surface area contributed by atoms with Gasteiger partial charge in [-0.2, -0.15) is 0 Å². The van der Waals surface area contributed by atoms with E-state index >= 15 is 0 Å². The second-order valence-electron chi connectivity index (χ2n) is 8.79. The number of amides is 1. The molecule has 1 aromatic rings. The van der Waals surface area contributed by atoms with Gasteiger partial charge in [-0.3, -0.25) is 4.79 Å². The zero-order valence-corrected chi connectivity index (χ0v) is 20.5. The van der Waals surface area contributed by atoms with E-state index in [1.165, 1.54) is 0 Å². The fraction of sp³-hybridized carbons (Fsp3) is 0.500. The summed E-state index contributed by atoms with van der Waals surface area (Å²) in [6, 6.07) is 1.89. The van der Waals surface area contributed by atoms with Gasteiger partial charge in [0, 0.05) is 24.5 Å². The Morgan fingerprint density at radius 2 is 1.97 bits per heavy atom. The molecule has 0 saturated carbocycles. The second-order valence-corrected chi connectivity index (χ2v) is 9.17. The molecule has 0 N–H and O–H groups in total. The van der Waals surface area contributed by atoms with Crippen LogP contribution in [0.15, 0.2) is 35.5 Å². The number of fused-ring (bicyclic) bond motifs is 1. The van der Waals surface area contributed by atoms with E-state index in [-0.39, 0.29) is 25.0 Å². The zero-order valence-electron chi connectivity index (χ0n) is 19.7. The number of oxime groups is 1. The van der Waals surface area contributed by atoms with Gasteiger partial charge in [-0.05, 0) is 68.2 Å². The number of hydrogen-bond donors (Lipinski definition) is 0. The van der Waals surface area contributed by atoms with Gasteiger partial charge >= 0.3 is 5.97 Å². The van der Waals surface area contributed by atoms with E-state index < -0.39 is 5.97 Å². The van der Waals surface area contributed by atoms with Gasteiger partial charge in [0.1, 0.15) is 6.61 Å². The van der Waals surface area contributed by atoms with Crippen LogP contribution in [0, 0.1) is 19.8 Å². The van der Waals surface area contributed by atoms with Crippen LogP contribution in [0.3, 0.4) is 0 Å². The number of benzene rings is 1. The summed E-state index contributed by atoms with van der Waals surface area (Å²) < 4.78 is 5.50. The lowest BCUT2D eigenvalue weighted by atomic mass is 9.94. The molecule has 2 aliphatic rings. The maximum atomic E-state index is 12.9. The van der Waals surface area contributed by atoms with Crippen LogP contribution in [-0.4, -0.2) is 48.8 Å². The quantitative estimate of drug-likeness (QED) is 0.344. The van der Waals surface area contributed by atoms with Crippen molar-refractivity contribution in [2.75, 3.05) is 26.3 Å². The number of nitrogens with zero attached hydrogens (tertiary/aromatic N) is 2. The minimum Gasteiger partial charge on any atom is -0.458 e. The van der Waals surface area contributed by atoms with Crippen LogP contribution in [-0.2, 0) is 20.8 Å². The molecule has 178 valence electrons. The number of halogens is 1. The van der Waals surface area contributed by atoms with Crippen molar-refractivity contribution in [2.24, 2.45) is 11.1 Å². The molecule has 0 spiro atoms. The number of ether oxygens (including phenoxy) is 1. The van der Waals surface area contributed by atoms with Crippen LogP contribution >= 0.6 is 11.6 Å². The Kier molecular flexibility index (Phi) is 9.12. The molecule has 1 atom stereocenters. The molecular weight excluding hydrogens is 440 g/mol. The molecule has 33 heavy (non-hydrogen) atoms. The van der Waals surface area contributed by atoms with Gasteiger partial charge in [0.2, 0.25) is 0 Å². The number of piperidine rings is 1. The Labute approximate surface area is 201 Å². The van der Waals surface area contributed by atoms with Crippen LogP contribution in [0.1, 0.15) is 59.7 Å². The lowest BCUT2D eigenvalue weighted by molar-refractivity contribution is -0.137. The highest BCUT2D eigenvalue weighted by molar-refractivity contribution is 6.33. The average Bonchev–Trinajstić information content (AvgIpc) is 2.80. The highest BCUT2D eigenvalue weighted by atomic mass is 35.5. The van der Waals surface area contributed by atoms with Crippen LogP contribution in [0.5, 0.6) is 0 Å². The molecule has 1 unspecified atom stereocenters. The Balaban J connectivity index is 1.88. The first-order valence-electron chi connectivity index (χ1n) is 11.6. The summed E-state index contributed by atoms with van der Waals surface area (Å²) in [7, 11) is 0. The Morgan fingerprint density at radius 1 is 1.21 bits per heavy atom. The lowest BCUT2D eigenvalue weighted by Crippen LogP contribution is -2.37. The second kappa shape index (κ2) is 12.0. The fourth-order valence-electron chi connectivity index (χ4n) is 4.19. The van der Waals surface area contributed by atoms with Crippen molar-refractivity contribution in [3.63, 3.8) is 0 Å². The van der Waals surface area contributed by atoms with Gasteiger partial charge in [0.15, 0.2) is 6.61 Å². The predicted octanol–water partition coefficient (Wildman–Crippen LogP) is 5.19. The van der Waals surface area contributed by atoms with Gasteiger partial charge in [-0.25, -0.2) is 4.79 Å². The summed E-state index contributed by atoms with van der Waals surface area (Å²) in [6.45, 7) is 7.52. The number of allylic oxidation sites excluding steroid dienone is 3. The van der Waals surface area contributed by atoms with E-state index in [0.717, 1.165) is 49.9 Å². The maximum Gasteiger partial charge on any atom is 0.339 e. The number of carbonyl (C=O) groups excluding carboxylic acids is 2. The number of hydrogen-bond acceptors (Lipinski definition) is 5. The van der Waals surface area contributed by atoms with Gasteiger partial charge in [0.05, 0.1) is 11.3 Å². The molecule has 0 aromatic heterocycles. The highest BCUT2D eigenvalue weighted by Gasteiger charge is 2.22. The van der Waals surface area contributed by atoms with Gasteiger partial charge < -0.3 is 14.5 Å². The zero-order chi connectivity index (χ0) is 23.8. The third-order valence-electron chi connectivity index (χ3n) is 5.97. The molecule has 7 heteroatoms. The Hall–Kier alpha value is -2.60. The SMILES string of the molecule is Cc1cc(C)c2c(c1Cl)CC(=N/OCC(=O)N1CCCCC1)/C=C/CC(C)/C=C/COC2=O. The summed E-state index contributed by atoms with van der Waals surface area (Å²) >= 11 is 6.65. The number of cyclic esters (lactones) is 1. The van der Waals surface area contributed by atoms with Crippen molar-refractivity contribution in [2.45, 2.75) is 52.9 Å². The summed E-state index contributed by atoms with van der Waals surface area (Å²) in [5, 5.41) is 4.78. The van der Waals surface area contributed by atoms with E-state index in [0.29, 0.717) is 28.3 Å². The van der Waals surface area contributed by atoms with E-state index in [9.17, 15) is 9.59 Å². The first kappa shape index (κ1) is 25.0. The first-order valence-corrected chi connectivity index (χ1v) is 12.0. The molecule has 3 rings (SSSR count). The molecule has 6 nitrogen and oxygen atoms in total. The van der Waals surface area contributed by atoms with E-state index in [1.807, 2.05) is 49.1 Å². The largest absolute Gasteiger partial charge is 0.458 e. The van der Waals surface area contributed by atoms with Crippen LogP contribution in [0.4, 0.5) is 0 Å². The summed E-state index contributed by atoms with van der Waals surface area (Å²) in [5.41, 5.74) is 3.39. The lowest BCUT2D eigenvalue weighted by Gasteiger charge is -2.26. The van der Waals surface area contributed by atoms with Crippen molar-refractivity contribution < 1.29 is 19.2 Å². The van der Waals surface area contributed by atoms with Crippen LogP contribution in [0.25, 0.3) is 0 Å². The van der Waals surface area contributed by atoms with Crippen LogP contribution < -0.4 is 0 Å². The number of aryl methyl sites for hydroxylation is 2. The van der Waals surface area contributed by atoms with Gasteiger partial charge in [-0.1, -0.05) is 48.0 Å². The standard InChI is InChI=1S/C26H33ClN2O4/c1-18-9-7-11-21(28-33-17-23(30)29-12-5-4-6-13-29)16-22-24(26(31)32-14-8-10-18)19(2)15-20(3)25(22)27/h7-8,10-11,15,18H,4-6,9,12-14,16-17H2,1-3H3/b10-8+,11-7+,28-21+. The minimum atomic E-state index is -0.412. The predicted molar refractivity (Wildman–Crippen MR) is 131 cm³/mol. The summed E-state index contributed by atoms with van der Waals surface area (Å²) in [6.07, 6.45) is 12.1. The smallest absolute Gasteiger partial charge is 0.339 e. The highest BCUT2D eigenvalue weighted by Crippen LogP contribution is 2.29. The number of carbonyl (C=O) groups is 2. The molecule has 1 aromatic carbocycles. The van der Waals surface area contributed by atoms with Gasteiger partial charge in [0.25, 0.3) is 5.91 Å². The number of esters is 1. The van der Waals surface area contributed by atoms with Crippen molar-refractivity contribution in [1.82, 2.24) is 4.90 Å². The Morgan fingerprint density at radius 3 is 2.73 bits per heavy atom. The molecule has 1 saturated heterocycles. The third kappa shape index (κ3) is 6.94. The maximum absolute atomic E-state index is 12.9. The summed E-state index contributed by atoms with van der Waals surface area (Å²) in [4.78, 5) is 32.6. The monoisotopic (exact) mass is 472 g/mol. The third-order valence-corrected chi connectivity index (χ3v) is 6.50. The molecule has 0 aliphatic carbocycles. The van der Waals surface area contributed by atoms with Crippen LogP contribution in [0.2, 0.25) is 5.02 Å². The minimum absolute atomic E-state index is 0.0554. The summed E-state index contributed by atoms with van der Waals surface area (Å²) in [5.74, 6) is -0.191. The fourth-order valence-corrected chi connectivity index (χ4v) is 4.40. The molecule has 1 fully saturated rings. The Bertz CT molecular complexity index is 962. The normalized spacial score (nSPS) is 22.9. The molecule has 2 aliphatic heterocycles. The van der Waals surface area contributed by atoms with Crippen molar-refractivity contribution >= 4 is 29.2 Å². The van der Waals surface area contributed by atoms with E-state index in [2.05, 4.69) is 12.1 Å². The molecular formula is C26H33ClN2O4. The molecule has 0 bridgehead atoms. The van der Waals surface area contributed by atoms with E-state index in [4.69, 9.17) is 21.2 Å². The van der Waals surface area contributed by atoms with Crippen molar-refractivity contribution in [3.05, 3.63) is 57.6 Å².